The van der Waals surface area contributed by atoms with Crippen molar-refractivity contribution in [1.29, 1.82) is 0 Å². The lowest BCUT2D eigenvalue weighted by atomic mass is 9.78. The van der Waals surface area contributed by atoms with Crippen LogP contribution in [0.5, 0.6) is 5.75 Å². The highest BCUT2D eigenvalue weighted by Gasteiger charge is 2.49. The Morgan fingerprint density at radius 2 is 1.85 bits per heavy atom. The molecule has 1 aromatic heterocycles. The highest BCUT2D eigenvalue weighted by molar-refractivity contribution is 6.30. The van der Waals surface area contributed by atoms with Crippen LogP contribution in [0, 0.1) is 11.2 Å². The van der Waals surface area contributed by atoms with E-state index in [-0.39, 0.29) is 46.9 Å². The third-order valence-corrected chi connectivity index (χ3v) is 8.06. The Balaban J connectivity index is 1.65. The molecule has 0 bridgehead atoms. The predicted octanol–water partition coefficient (Wildman–Crippen LogP) is 4.80. The number of rotatable bonds is 9. The smallest absolute Gasteiger partial charge is 0.387 e. The van der Waals surface area contributed by atoms with Gasteiger partial charge in [-0.3, -0.25) is 14.3 Å². The lowest BCUT2D eigenvalue weighted by molar-refractivity contribution is -0.161. The van der Waals surface area contributed by atoms with Crippen LogP contribution in [0.25, 0.3) is 0 Å². The van der Waals surface area contributed by atoms with Gasteiger partial charge in [0, 0.05) is 43.9 Å². The number of aromatic nitrogens is 2. The van der Waals surface area contributed by atoms with E-state index in [1.165, 1.54) is 30.0 Å². The average Bonchev–Trinajstić information content (AvgIpc) is 3.32. The lowest BCUT2D eigenvalue weighted by Crippen LogP contribution is -2.56. The molecular weight excluding hydrogens is 553 g/mol. The number of hydrogen-bond acceptors (Lipinski definition) is 7. The molecule has 220 valence electrons. The molecule has 0 atom stereocenters. The van der Waals surface area contributed by atoms with Gasteiger partial charge in [0.2, 0.25) is 0 Å². The van der Waals surface area contributed by atoms with Crippen LogP contribution in [0.3, 0.4) is 0 Å². The first kappa shape index (κ1) is 30.1. The van der Waals surface area contributed by atoms with Crippen LogP contribution in [0.15, 0.2) is 24.4 Å². The first-order chi connectivity index (χ1) is 19.0. The third kappa shape index (κ3) is 6.08. The maximum atomic E-state index is 14.9. The number of hydrogen-bond donors (Lipinski definition) is 1. The summed E-state index contributed by atoms with van der Waals surface area (Å²) in [4.78, 5) is 28.9. The molecule has 1 aromatic carbocycles. The van der Waals surface area contributed by atoms with E-state index in [1.807, 2.05) is 0 Å². The van der Waals surface area contributed by atoms with Crippen LogP contribution in [-0.2, 0) is 24.6 Å². The minimum atomic E-state index is -3.13. The van der Waals surface area contributed by atoms with Crippen LogP contribution in [-0.4, -0.2) is 73.1 Å². The summed E-state index contributed by atoms with van der Waals surface area (Å²) in [5, 5.41) is 7.14. The molecule has 2 fully saturated rings. The van der Waals surface area contributed by atoms with Gasteiger partial charge in [0.15, 0.2) is 11.6 Å². The van der Waals surface area contributed by atoms with Gasteiger partial charge in [-0.2, -0.15) is 13.9 Å². The van der Waals surface area contributed by atoms with Gasteiger partial charge in [0.25, 0.3) is 5.91 Å². The van der Waals surface area contributed by atoms with E-state index in [1.54, 1.807) is 13.8 Å². The first-order valence-electron chi connectivity index (χ1n) is 13.2. The summed E-state index contributed by atoms with van der Waals surface area (Å²) in [5.41, 5.74) is -1.79. The second kappa shape index (κ2) is 12.4. The zero-order chi connectivity index (χ0) is 29.1. The number of nitrogens with one attached hydrogen (secondary N) is 1. The Hall–Kier alpha value is -2.83. The number of ether oxygens (including phenoxy) is 3. The number of carbonyl (C=O) groups excluding carboxylic acids is 2. The molecule has 2 aromatic rings. The third-order valence-electron chi connectivity index (χ3n) is 7.82. The van der Waals surface area contributed by atoms with Crippen LogP contribution in [0.2, 0.25) is 5.02 Å². The van der Waals surface area contributed by atoms with Gasteiger partial charge in [-0.25, -0.2) is 4.39 Å². The molecule has 0 spiro atoms. The van der Waals surface area contributed by atoms with Crippen molar-refractivity contribution in [3.8, 4) is 5.75 Å². The zero-order valence-corrected chi connectivity index (χ0v) is 23.5. The van der Waals surface area contributed by atoms with Gasteiger partial charge in [0.05, 0.1) is 30.1 Å². The van der Waals surface area contributed by atoms with Gasteiger partial charge in [-0.05, 0) is 43.7 Å². The Morgan fingerprint density at radius 1 is 1.18 bits per heavy atom. The van der Waals surface area contributed by atoms with Crippen LogP contribution >= 0.6 is 11.6 Å². The van der Waals surface area contributed by atoms with E-state index in [9.17, 15) is 22.8 Å². The number of piperidine rings is 1. The first-order valence-corrected chi connectivity index (χ1v) is 13.6. The van der Waals surface area contributed by atoms with Gasteiger partial charge in [-0.1, -0.05) is 25.4 Å². The van der Waals surface area contributed by atoms with Crippen molar-refractivity contribution >= 4 is 29.2 Å². The van der Waals surface area contributed by atoms with Crippen LogP contribution < -0.4 is 10.1 Å². The zero-order valence-electron chi connectivity index (χ0n) is 22.7. The van der Waals surface area contributed by atoms with Crippen molar-refractivity contribution in [2.75, 3.05) is 45.3 Å². The van der Waals surface area contributed by atoms with Gasteiger partial charge in [-0.15, -0.1) is 0 Å². The molecule has 4 rings (SSSR count). The number of carbonyl (C=O) groups is 2. The van der Waals surface area contributed by atoms with Crippen molar-refractivity contribution in [1.82, 2.24) is 14.7 Å². The summed E-state index contributed by atoms with van der Waals surface area (Å²) in [7, 11) is 1.37. The SMILES string of the molecule is COC(=O)C1(CN2CCC(C(=O)Nc3ccc(Cl)cc3OC(F)F)(n3ncc(F)c3C(C)C)CC2)CCOCC1. The number of halogens is 4. The minimum absolute atomic E-state index is 0.00193. The van der Waals surface area contributed by atoms with E-state index in [2.05, 4.69) is 20.1 Å². The molecule has 0 aliphatic carbocycles. The summed E-state index contributed by atoms with van der Waals surface area (Å²) in [6.45, 7) is 2.58. The number of alkyl halides is 2. The minimum Gasteiger partial charge on any atom is -0.469 e. The van der Waals surface area contributed by atoms with E-state index in [4.69, 9.17) is 21.1 Å². The Morgan fingerprint density at radius 3 is 2.45 bits per heavy atom. The fourth-order valence-electron chi connectivity index (χ4n) is 5.68. The number of likely N-dealkylation sites (tertiary alicyclic amines) is 1. The Bertz CT molecular complexity index is 1210. The van der Waals surface area contributed by atoms with Crippen molar-refractivity contribution < 1.29 is 37.0 Å². The van der Waals surface area contributed by atoms with Crippen molar-refractivity contribution in [3.05, 3.63) is 40.9 Å². The van der Waals surface area contributed by atoms with E-state index >= 15 is 0 Å². The normalized spacial score (nSPS) is 19.0. The number of nitrogens with zero attached hydrogens (tertiary/aromatic N) is 3. The Labute approximate surface area is 235 Å². The quantitative estimate of drug-likeness (QED) is 0.422. The van der Waals surface area contributed by atoms with Crippen molar-refractivity contribution in [2.45, 2.75) is 57.6 Å². The molecule has 0 saturated carbocycles. The fourth-order valence-corrected chi connectivity index (χ4v) is 5.84. The van der Waals surface area contributed by atoms with Crippen LogP contribution in [0.1, 0.15) is 51.1 Å². The van der Waals surface area contributed by atoms with Gasteiger partial charge < -0.3 is 24.4 Å². The topological polar surface area (TPSA) is 94.9 Å². The standard InChI is InChI=1S/C27H34ClF3N4O5/c1-17(2)22-19(29)15-32-35(22)27(23(36)33-20-5-4-18(28)14-21(20)40-25(30)31)6-10-34(11-7-27)16-26(24(37)38-3)8-12-39-13-9-26/h4-5,14-15,17,25H,6-13,16H2,1-3H3,(H,33,36). The van der Waals surface area contributed by atoms with Gasteiger partial charge in [0.1, 0.15) is 5.54 Å². The molecule has 1 N–H and O–H groups in total. The van der Waals surface area contributed by atoms with E-state index in [0.717, 1.165) is 6.20 Å². The Kier molecular flexibility index (Phi) is 9.31. The highest BCUT2D eigenvalue weighted by atomic mass is 35.5. The van der Waals surface area contributed by atoms with Crippen molar-refractivity contribution in [2.24, 2.45) is 5.41 Å². The summed E-state index contributed by atoms with van der Waals surface area (Å²) in [5.74, 6) is -1.96. The van der Waals surface area contributed by atoms with E-state index in [0.29, 0.717) is 45.7 Å². The molecule has 9 nitrogen and oxygen atoms in total. The maximum absolute atomic E-state index is 14.9. The number of anilines is 1. The summed E-state index contributed by atoms with van der Waals surface area (Å²) in [6.07, 6.45) is 2.58. The number of benzene rings is 1. The summed E-state index contributed by atoms with van der Waals surface area (Å²) < 4.78 is 57.7. The number of methoxy groups -OCH3 is 1. The molecule has 13 heteroatoms. The molecule has 2 aliphatic rings. The second-order valence-corrected chi connectivity index (χ2v) is 11.0. The van der Waals surface area contributed by atoms with E-state index < -0.39 is 29.3 Å². The molecule has 2 aliphatic heterocycles. The van der Waals surface area contributed by atoms with Gasteiger partial charge >= 0.3 is 12.6 Å². The highest BCUT2D eigenvalue weighted by Crippen LogP contribution is 2.39. The maximum Gasteiger partial charge on any atom is 0.387 e. The molecule has 1 amide bonds. The molecule has 0 radical (unpaired) electrons. The average molecular weight is 587 g/mol. The lowest BCUT2D eigenvalue weighted by Gasteiger charge is -2.45. The monoisotopic (exact) mass is 586 g/mol. The number of esters is 1. The molecule has 0 unspecified atom stereocenters. The molecule has 3 heterocycles. The predicted molar refractivity (Wildman–Crippen MR) is 141 cm³/mol. The molecule has 40 heavy (non-hydrogen) atoms. The number of amides is 1. The van der Waals surface area contributed by atoms with Crippen molar-refractivity contribution in [3.63, 3.8) is 0 Å². The summed E-state index contributed by atoms with van der Waals surface area (Å²) in [6, 6.07) is 4.00. The van der Waals surface area contributed by atoms with Crippen LogP contribution in [0.4, 0.5) is 18.9 Å². The second-order valence-electron chi connectivity index (χ2n) is 10.6. The largest absolute Gasteiger partial charge is 0.469 e. The fraction of sp³-hybridized carbons (Fsp3) is 0.593. The molecular formula is C27H34ClF3N4O5. The summed E-state index contributed by atoms with van der Waals surface area (Å²) >= 11 is 5.97. The molecule has 2 saturated heterocycles.